The van der Waals surface area contributed by atoms with Gasteiger partial charge in [-0.15, -0.1) is 0 Å². The third-order valence-corrected chi connectivity index (χ3v) is 10.3. The fraction of sp³-hybridized carbons (Fsp3) is 0.600. The molecular formula is C35H44ClN3O7. The molecule has 3 saturated carbocycles. The first-order valence-electron chi connectivity index (χ1n) is 16.5. The number of carbonyl (C=O) groups is 5. The van der Waals surface area contributed by atoms with E-state index in [1.54, 1.807) is 24.4 Å². The van der Waals surface area contributed by atoms with Gasteiger partial charge in [0.15, 0.2) is 5.78 Å². The number of Topliss-reactive ketones (excluding diaryl/α,β-unsaturated/α-hetero) is 2. The SMILES string of the molecule is CC(=O)N[C@H](C(=O)N[C@H](C(=O)C1C[C@H](Oc2ccnc3cc(Cl)ccc23)C[C@H]1C(=O)CC1(C(=O)O)CC1)C(C)C)C1CCCCC1. The molecule has 0 spiro atoms. The summed E-state index contributed by atoms with van der Waals surface area (Å²) < 4.78 is 6.43. The molecule has 5 rings (SSSR count). The highest BCUT2D eigenvalue weighted by Crippen LogP contribution is 2.51. The number of carbonyl (C=O) groups excluding carboxylic acids is 4. The maximum atomic E-state index is 14.4. The van der Waals surface area contributed by atoms with Crippen molar-refractivity contribution in [3.05, 3.63) is 35.5 Å². The van der Waals surface area contributed by atoms with Crippen molar-refractivity contribution in [1.29, 1.82) is 0 Å². The standard InChI is InChI=1S/C35H44ClN3O7/c1-19(2)30(39-33(43)31(38-20(3)40)21-7-5-4-6-8-21)32(42)26-17-23(16-25(26)28(41)18-35(12-13-35)34(44)45)46-29-11-14-37-27-15-22(36)9-10-24(27)29/h9-11,14-15,19,21,23,25-26,30-31H,4-8,12-13,16-18H2,1-3H3,(H,38,40)(H,39,43)(H,44,45)/t23-,25-,26?,30+,31+/m1/s1. The third kappa shape index (κ3) is 7.54. The number of rotatable bonds is 13. The Bertz CT molecular complexity index is 1500. The summed E-state index contributed by atoms with van der Waals surface area (Å²) in [7, 11) is 0. The molecule has 1 aromatic carbocycles. The van der Waals surface area contributed by atoms with E-state index >= 15 is 0 Å². The van der Waals surface area contributed by atoms with Gasteiger partial charge in [0.2, 0.25) is 11.8 Å². The number of benzene rings is 1. The Morgan fingerprint density at radius 3 is 2.35 bits per heavy atom. The second-order valence-electron chi connectivity index (χ2n) is 13.8. The number of ketones is 2. The van der Waals surface area contributed by atoms with Crippen LogP contribution in [0.5, 0.6) is 5.75 Å². The summed E-state index contributed by atoms with van der Waals surface area (Å²) in [4.78, 5) is 70.3. The number of nitrogens with one attached hydrogen (secondary N) is 2. The Labute approximate surface area is 274 Å². The van der Waals surface area contributed by atoms with Crippen LogP contribution in [0.2, 0.25) is 5.02 Å². The number of hydrogen-bond acceptors (Lipinski definition) is 7. The van der Waals surface area contributed by atoms with E-state index in [1.165, 1.54) is 6.92 Å². The second-order valence-corrected chi connectivity index (χ2v) is 14.3. The van der Waals surface area contributed by atoms with E-state index in [9.17, 15) is 29.1 Å². The lowest BCUT2D eigenvalue weighted by molar-refractivity contribution is -0.146. The first kappa shape index (κ1) is 33.8. The van der Waals surface area contributed by atoms with Crippen molar-refractivity contribution in [2.24, 2.45) is 29.1 Å². The zero-order chi connectivity index (χ0) is 33.2. The molecule has 10 nitrogen and oxygen atoms in total. The van der Waals surface area contributed by atoms with Crippen LogP contribution in [-0.2, 0) is 24.0 Å². The summed E-state index contributed by atoms with van der Waals surface area (Å²) in [6.45, 7) is 5.07. The molecule has 3 aliphatic rings. The average molecular weight is 654 g/mol. The first-order valence-corrected chi connectivity index (χ1v) is 16.8. The Morgan fingerprint density at radius 2 is 1.72 bits per heavy atom. The lowest BCUT2D eigenvalue weighted by Crippen LogP contribution is -2.56. The molecule has 1 aromatic heterocycles. The molecule has 5 atom stereocenters. The second kappa shape index (κ2) is 14.1. The number of carboxylic acids is 1. The van der Waals surface area contributed by atoms with Crippen LogP contribution in [-0.4, -0.2) is 57.6 Å². The van der Waals surface area contributed by atoms with Gasteiger partial charge in [-0.25, -0.2) is 0 Å². The van der Waals surface area contributed by atoms with Crippen LogP contribution >= 0.6 is 11.6 Å². The molecule has 0 bridgehead atoms. The lowest BCUT2D eigenvalue weighted by atomic mass is 9.79. The summed E-state index contributed by atoms with van der Waals surface area (Å²) in [5, 5.41) is 16.8. The largest absolute Gasteiger partial charge is 0.490 e. The van der Waals surface area contributed by atoms with E-state index in [2.05, 4.69) is 15.6 Å². The fourth-order valence-corrected chi connectivity index (χ4v) is 7.51. The van der Waals surface area contributed by atoms with Crippen LogP contribution < -0.4 is 15.4 Å². The minimum atomic E-state index is -1.07. The topological polar surface area (TPSA) is 152 Å². The molecule has 3 N–H and O–H groups in total. The summed E-state index contributed by atoms with van der Waals surface area (Å²) in [5.41, 5.74) is -0.420. The number of amides is 2. The van der Waals surface area contributed by atoms with Crippen molar-refractivity contribution in [2.45, 2.75) is 103 Å². The van der Waals surface area contributed by atoms with Crippen LogP contribution in [0.4, 0.5) is 0 Å². The number of pyridine rings is 1. The Balaban J connectivity index is 1.39. The molecule has 0 radical (unpaired) electrons. The minimum absolute atomic E-state index is 0.0185. The van der Waals surface area contributed by atoms with Gasteiger partial charge in [-0.05, 0) is 74.6 Å². The number of carboxylic acid groups (broad SMARTS) is 1. The smallest absolute Gasteiger partial charge is 0.310 e. The van der Waals surface area contributed by atoms with Gasteiger partial charge >= 0.3 is 5.97 Å². The quantitative estimate of drug-likeness (QED) is 0.264. The van der Waals surface area contributed by atoms with Gasteiger partial charge in [-0.2, -0.15) is 0 Å². The first-order chi connectivity index (χ1) is 21.9. The maximum Gasteiger partial charge on any atom is 0.310 e. The normalized spacial score (nSPS) is 23.8. The lowest BCUT2D eigenvalue weighted by Gasteiger charge is -2.32. The van der Waals surface area contributed by atoms with Crippen LogP contribution in [0.15, 0.2) is 30.5 Å². The van der Waals surface area contributed by atoms with Crippen LogP contribution in [0, 0.1) is 29.1 Å². The Kier molecular flexibility index (Phi) is 10.3. The highest BCUT2D eigenvalue weighted by atomic mass is 35.5. The predicted octanol–water partition coefficient (Wildman–Crippen LogP) is 5.28. The number of aliphatic carboxylic acids is 1. The van der Waals surface area contributed by atoms with Crippen molar-refractivity contribution in [2.75, 3.05) is 0 Å². The number of hydrogen-bond donors (Lipinski definition) is 3. The molecule has 0 aliphatic heterocycles. The molecule has 2 aromatic rings. The maximum absolute atomic E-state index is 14.4. The summed E-state index contributed by atoms with van der Waals surface area (Å²) in [6, 6.07) is 5.37. The van der Waals surface area contributed by atoms with E-state index in [0.29, 0.717) is 29.1 Å². The molecule has 248 valence electrons. The molecular weight excluding hydrogens is 610 g/mol. The molecule has 0 saturated heterocycles. The number of nitrogens with zero attached hydrogens (tertiary/aromatic N) is 1. The van der Waals surface area contributed by atoms with Gasteiger partial charge in [0.25, 0.3) is 0 Å². The van der Waals surface area contributed by atoms with Crippen molar-refractivity contribution >= 4 is 51.9 Å². The molecule has 1 unspecified atom stereocenters. The molecule has 3 aliphatic carbocycles. The van der Waals surface area contributed by atoms with Crippen molar-refractivity contribution in [3.63, 3.8) is 0 Å². The fourth-order valence-electron chi connectivity index (χ4n) is 7.34. The summed E-state index contributed by atoms with van der Waals surface area (Å²) >= 11 is 6.16. The Morgan fingerprint density at radius 1 is 1.02 bits per heavy atom. The number of fused-ring (bicyclic) bond motifs is 1. The van der Waals surface area contributed by atoms with Gasteiger partial charge < -0.3 is 20.5 Å². The minimum Gasteiger partial charge on any atom is -0.490 e. The average Bonchev–Trinajstić information content (AvgIpc) is 3.68. The van der Waals surface area contributed by atoms with Gasteiger partial charge in [0, 0.05) is 41.8 Å². The monoisotopic (exact) mass is 653 g/mol. The number of halogens is 1. The van der Waals surface area contributed by atoms with Crippen LogP contribution in [0.25, 0.3) is 10.9 Å². The molecule has 11 heteroatoms. The predicted molar refractivity (Wildman–Crippen MR) is 172 cm³/mol. The van der Waals surface area contributed by atoms with E-state index in [-0.39, 0.29) is 48.6 Å². The van der Waals surface area contributed by atoms with Crippen molar-refractivity contribution in [3.8, 4) is 5.75 Å². The molecule has 2 amide bonds. The zero-order valence-corrected chi connectivity index (χ0v) is 27.5. The highest BCUT2D eigenvalue weighted by molar-refractivity contribution is 6.31. The molecule has 46 heavy (non-hydrogen) atoms. The summed E-state index contributed by atoms with van der Waals surface area (Å²) in [5.74, 6) is -3.51. The number of ether oxygens (including phenoxy) is 1. The van der Waals surface area contributed by atoms with Gasteiger partial charge in [-0.1, -0.05) is 44.7 Å². The van der Waals surface area contributed by atoms with Gasteiger partial charge in [-0.3, -0.25) is 29.0 Å². The van der Waals surface area contributed by atoms with E-state index < -0.39 is 47.3 Å². The van der Waals surface area contributed by atoms with Crippen LogP contribution in [0.3, 0.4) is 0 Å². The molecule has 1 heterocycles. The van der Waals surface area contributed by atoms with E-state index in [4.69, 9.17) is 16.3 Å². The van der Waals surface area contributed by atoms with E-state index in [0.717, 1.165) is 37.5 Å². The third-order valence-electron chi connectivity index (χ3n) is 10.1. The number of aromatic nitrogens is 1. The van der Waals surface area contributed by atoms with Crippen molar-refractivity contribution < 1.29 is 33.8 Å². The van der Waals surface area contributed by atoms with Crippen molar-refractivity contribution in [1.82, 2.24) is 15.6 Å². The zero-order valence-electron chi connectivity index (χ0n) is 26.7. The highest BCUT2D eigenvalue weighted by Gasteiger charge is 2.54. The van der Waals surface area contributed by atoms with Crippen LogP contribution in [0.1, 0.15) is 85.0 Å². The van der Waals surface area contributed by atoms with E-state index in [1.807, 2.05) is 19.9 Å². The van der Waals surface area contributed by atoms with Gasteiger partial charge in [0.05, 0.1) is 17.0 Å². The molecule has 3 fully saturated rings. The Hall–Kier alpha value is -3.53. The summed E-state index contributed by atoms with van der Waals surface area (Å²) in [6.07, 6.45) is 7.01. The van der Waals surface area contributed by atoms with Gasteiger partial charge in [0.1, 0.15) is 23.7 Å².